The number of pyridine rings is 1. The van der Waals surface area contributed by atoms with Gasteiger partial charge in [0.25, 0.3) is 5.91 Å². The van der Waals surface area contributed by atoms with E-state index in [0.717, 1.165) is 10.9 Å². The van der Waals surface area contributed by atoms with Gasteiger partial charge in [-0.15, -0.1) is 0 Å². The Bertz CT molecular complexity index is 1220. The van der Waals surface area contributed by atoms with E-state index in [2.05, 4.69) is 10.3 Å². The standard InChI is InChI=1S/C24H21N3O3/c1-16(28)27(2)15-17-7-5-8-18(13-17)25-24(29)20-14-22(23-11-6-12-30-23)26-21-10-4-3-9-19(20)21/h3-14H,15H2,1-2H3,(H,25,29). The molecule has 1 N–H and O–H groups in total. The molecule has 6 heteroatoms. The first-order valence-electron chi connectivity index (χ1n) is 9.57. The highest BCUT2D eigenvalue weighted by Gasteiger charge is 2.15. The number of amides is 2. The van der Waals surface area contributed by atoms with Crippen LogP contribution in [0.5, 0.6) is 0 Å². The number of para-hydroxylation sites is 1. The van der Waals surface area contributed by atoms with Gasteiger partial charge in [-0.25, -0.2) is 4.98 Å². The maximum atomic E-state index is 13.2. The Balaban J connectivity index is 1.66. The van der Waals surface area contributed by atoms with Crippen molar-refractivity contribution in [1.29, 1.82) is 0 Å². The van der Waals surface area contributed by atoms with E-state index in [1.165, 1.54) is 6.92 Å². The van der Waals surface area contributed by atoms with Crippen molar-refractivity contribution in [2.24, 2.45) is 0 Å². The maximum absolute atomic E-state index is 13.2. The number of fused-ring (bicyclic) bond motifs is 1. The van der Waals surface area contributed by atoms with E-state index < -0.39 is 0 Å². The Morgan fingerprint density at radius 3 is 2.63 bits per heavy atom. The van der Waals surface area contributed by atoms with Crippen molar-refractivity contribution < 1.29 is 14.0 Å². The zero-order chi connectivity index (χ0) is 21.1. The third kappa shape index (κ3) is 4.07. The van der Waals surface area contributed by atoms with Crippen LogP contribution in [0.3, 0.4) is 0 Å². The molecule has 2 amide bonds. The molecular weight excluding hydrogens is 378 g/mol. The molecule has 2 aromatic carbocycles. The molecule has 0 bridgehead atoms. The Labute approximate surface area is 174 Å². The lowest BCUT2D eigenvalue weighted by molar-refractivity contribution is -0.128. The molecule has 0 aliphatic carbocycles. The molecule has 0 spiro atoms. The molecule has 150 valence electrons. The number of rotatable bonds is 5. The average Bonchev–Trinajstić information content (AvgIpc) is 3.28. The largest absolute Gasteiger partial charge is 0.463 e. The second-order valence-electron chi connectivity index (χ2n) is 7.08. The fourth-order valence-electron chi connectivity index (χ4n) is 3.24. The number of aromatic nitrogens is 1. The molecule has 0 unspecified atom stereocenters. The molecule has 0 radical (unpaired) electrons. The fraction of sp³-hybridized carbons (Fsp3) is 0.125. The third-order valence-electron chi connectivity index (χ3n) is 4.88. The van der Waals surface area contributed by atoms with E-state index in [-0.39, 0.29) is 11.8 Å². The van der Waals surface area contributed by atoms with Crippen molar-refractivity contribution in [3.8, 4) is 11.5 Å². The van der Waals surface area contributed by atoms with Gasteiger partial charge < -0.3 is 14.6 Å². The van der Waals surface area contributed by atoms with Crippen molar-refractivity contribution in [1.82, 2.24) is 9.88 Å². The van der Waals surface area contributed by atoms with Gasteiger partial charge in [0, 0.05) is 31.6 Å². The van der Waals surface area contributed by atoms with E-state index >= 15 is 0 Å². The summed E-state index contributed by atoms with van der Waals surface area (Å²) in [5.74, 6) is 0.348. The summed E-state index contributed by atoms with van der Waals surface area (Å²) in [6.07, 6.45) is 1.58. The van der Waals surface area contributed by atoms with Crippen molar-refractivity contribution in [3.05, 3.63) is 84.1 Å². The van der Waals surface area contributed by atoms with Gasteiger partial charge in [-0.05, 0) is 42.0 Å². The Morgan fingerprint density at radius 2 is 1.87 bits per heavy atom. The van der Waals surface area contributed by atoms with Gasteiger partial charge in [-0.2, -0.15) is 0 Å². The number of furan rings is 1. The molecule has 6 nitrogen and oxygen atoms in total. The smallest absolute Gasteiger partial charge is 0.256 e. The van der Waals surface area contributed by atoms with Crippen LogP contribution in [0.2, 0.25) is 0 Å². The van der Waals surface area contributed by atoms with Crippen LogP contribution >= 0.6 is 0 Å². The van der Waals surface area contributed by atoms with Crippen molar-refractivity contribution in [3.63, 3.8) is 0 Å². The second-order valence-corrected chi connectivity index (χ2v) is 7.08. The lowest BCUT2D eigenvalue weighted by Crippen LogP contribution is -2.23. The molecule has 30 heavy (non-hydrogen) atoms. The van der Waals surface area contributed by atoms with E-state index in [0.29, 0.717) is 34.8 Å². The van der Waals surface area contributed by atoms with Gasteiger partial charge >= 0.3 is 0 Å². The van der Waals surface area contributed by atoms with Crippen LogP contribution in [0.25, 0.3) is 22.4 Å². The SMILES string of the molecule is CC(=O)N(C)Cc1cccc(NC(=O)c2cc(-c3ccco3)nc3ccccc23)c1. The van der Waals surface area contributed by atoms with Gasteiger partial charge in [0.2, 0.25) is 5.91 Å². The van der Waals surface area contributed by atoms with Crippen molar-refractivity contribution >= 4 is 28.4 Å². The molecule has 0 aliphatic rings. The minimum Gasteiger partial charge on any atom is -0.463 e. The topological polar surface area (TPSA) is 75.4 Å². The molecule has 4 aromatic rings. The number of carbonyl (C=O) groups is 2. The lowest BCUT2D eigenvalue weighted by atomic mass is 10.1. The number of carbonyl (C=O) groups excluding carboxylic acids is 2. The zero-order valence-electron chi connectivity index (χ0n) is 16.8. The number of anilines is 1. The summed E-state index contributed by atoms with van der Waals surface area (Å²) in [6.45, 7) is 2.00. The number of nitrogens with zero attached hydrogens (tertiary/aromatic N) is 2. The molecular formula is C24H21N3O3. The van der Waals surface area contributed by atoms with E-state index in [4.69, 9.17) is 4.42 Å². The predicted octanol–water partition coefficient (Wildman–Crippen LogP) is 4.73. The summed E-state index contributed by atoms with van der Waals surface area (Å²) >= 11 is 0. The van der Waals surface area contributed by atoms with E-state index in [9.17, 15) is 9.59 Å². The Kier molecular flexibility index (Phi) is 5.30. The summed E-state index contributed by atoms with van der Waals surface area (Å²) < 4.78 is 5.47. The first-order chi connectivity index (χ1) is 14.5. The van der Waals surface area contributed by atoms with Crippen LogP contribution < -0.4 is 5.32 Å². The zero-order valence-corrected chi connectivity index (χ0v) is 16.8. The number of benzene rings is 2. The molecule has 0 saturated carbocycles. The molecule has 4 rings (SSSR count). The highest BCUT2D eigenvalue weighted by molar-refractivity contribution is 6.13. The van der Waals surface area contributed by atoms with Crippen LogP contribution in [0.15, 0.2) is 77.4 Å². The predicted molar refractivity (Wildman–Crippen MR) is 116 cm³/mol. The quantitative estimate of drug-likeness (QED) is 0.527. The summed E-state index contributed by atoms with van der Waals surface area (Å²) in [4.78, 5) is 30.9. The number of hydrogen-bond donors (Lipinski definition) is 1. The molecule has 0 saturated heterocycles. The Morgan fingerprint density at radius 1 is 1.03 bits per heavy atom. The van der Waals surface area contributed by atoms with Crippen LogP contribution in [0.1, 0.15) is 22.8 Å². The van der Waals surface area contributed by atoms with Gasteiger partial charge in [-0.1, -0.05) is 30.3 Å². The average molecular weight is 399 g/mol. The minimum atomic E-state index is -0.238. The van der Waals surface area contributed by atoms with Gasteiger partial charge in [0.15, 0.2) is 5.76 Å². The molecule has 0 fully saturated rings. The maximum Gasteiger partial charge on any atom is 0.256 e. The summed E-state index contributed by atoms with van der Waals surface area (Å²) in [5.41, 5.74) is 3.42. The summed E-state index contributed by atoms with van der Waals surface area (Å²) in [5, 5.41) is 3.73. The fourth-order valence-corrected chi connectivity index (χ4v) is 3.24. The molecule has 0 atom stereocenters. The molecule has 2 aromatic heterocycles. The van der Waals surface area contributed by atoms with E-state index in [1.54, 1.807) is 30.3 Å². The second kappa shape index (κ2) is 8.21. The Hall–Kier alpha value is -3.93. The highest BCUT2D eigenvalue weighted by Crippen LogP contribution is 2.26. The van der Waals surface area contributed by atoms with Crippen molar-refractivity contribution in [2.45, 2.75) is 13.5 Å². The van der Waals surface area contributed by atoms with Crippen LogP contribution in [0, 0.1) is 0 Å². The summed E-state index contributed by atoms with van der Waals surface area (Å²) in [6, 6.07) is 20.3. The third-order valence-corrected chi connectivity index (χ3v) is 4.88. The lowest BCUT2D eigenvalue weighted by Gasteiger charge is -2.15. The highest BCUT2D eigenvalue weighted by atomic mass is 16.3. The first kappa shape index (κ1) is 19.4. The monoisotopic (exact) mass is 399 g/mol. The van der Waals surface area contributed by atoms with Crippen LogP contribution in [-0.4, -0.2) is 28.7 Å². The van der Waals surface area contributed by atoms with Crippen LogP contribution in [-0.2, 0) is 11.3 Å². The van der Waals surface area contributed by atoms with Crippen molar-refractivity contribution in [2.75, 3.05) is 12.4 Å². The molecule has 2 heterocycles. The van der Waals surface area contributed by atoms with Gasteiger partial charge in [-0.3, -0.25) is 9.59 Å². The number of hydrogen-bond acceptors (Lipinski definition) is 4. The van der Waals surface area contributed by atoms with Gasteiger partial charge in [0.05, 0.1) is 17.3 Å². The summed E-state index contributed by atoms with van der Waals surface area (Å²) in [7, 11) is 1.74. The molecule has 0 aliphatic heterocycles. The van der Waals surface area contributed by atoms with E-state index in [1.807, 2.05) is 54.6 Å². The van der Waals surface area contributed by atoms with Crippen LogP contribution in [0.4, 0.5) is 5.69 Å². The normalized spacial score (nSPS) is 10.7. The number of nitrogens with one attached hydrogen (secondary N) is 1. The van der Waals surface area contributed by atoms with Gasteiger partial charge in [0.1, 0.15) is 5.69 Å². The minimum absolute atomic E-state index is 0.0156. The first-order valence-corrected chi connectivity index (χ1v) is 9.57.